The van der Waals surface area contributed by atoms with E-state index in [2.05, 4.69) is 5.32 Å². The van der Waals surface area contributed by atoms with E-state index in [0.29, 0.717) is 6.10 Å². The highest BCUT2D eigenvalue weighted by Crippen LogP contribution is 2.03. The van der Waals surface area contributed by atoms with Gasteiger partial charge in [-0.25, -0.2) is 0 Å². The highest BCUT2D eigenvalue weighted by molar-refractivity contribution is 4.64. The van der Waals surface area contributed by atoms with Crippen molar-refractivity contribution in [2.45, 2.75) is 25.9 Å². The van der Waals surface area contributed by atoms with E-state index in [-0.39, 0.29) is 0 Å². The van der Waals surface area contributed by atoms with Gasteiger partial charge in [-0.05, 0) is 26.3 Å². The largest absolute Gasteiger partial charge is 0.382 e. The van der Waals surface area contributed by atoms with Crippen LogP contribution >= 0.6 is 0 Å². The number of hydrogen-bond acceptors (Lipinski definition) is 4. The van der Waals surface area contributed by atoms with Crippen LogP contribution in [0.15, 0.2) is 0 Å². The number of nitrogens with one attached hydrogen (secondary N) is 1. The number of hydrogen-bond donors (Lipinski definition) is 1. The molecule has 90 valence electrons. The van der Waals surface area contributed by atoms with E-state index >= 15 is 0 Å². The lowest BCUT2D eigenvalue weighted by Gasteiger charge is -2.25. The van der Waals surface area contributed by atoms with Crippen molar-refractivity contribution in [1.29, 1.82) is 0 Å². The summed E-state index contributed by atoms with van der Waals surface area (Å²) in [6, 6.07) is 0. The van der Waals surface area contributed by atoms with Crippen LogP contribution in [0.25, 0.3) is 0 Å². The molecule has 4 nitrogen and oxygen atoms in total. The third-order valence-corrected chi connectivity index (χ3v) is 2.34. The molecule has 4 heteroatoms. The van der Waals surface area contributed by atoms with Gasteiger partial charge >= 0.3 is 0 Å². The molecule has 1 heterocycles. The molecule has 0 spiro atoms. The van der Waals surface area contributed by atoms with E-state index in [1.807, 2.05) is 6.92 Å². The predicted octanol–water partition coefficient (Wildman–Crippen LogP) is 0.808. The molecular formula is C11H23NO3. The maximum absolute atomic E-state index is 5.51. The van der Waals surface area contributed by atoms with E-state index in [1.165, 1.54) is 6.42 Å². The Bertz CT molecular complexity index is 140. The Labute approximate surface area is 92.3 Å². The van der Waals surface area contributed by atoms with Crippen LogP contribution in [-0.2, 0) is 14.2 Å². The summed E-state index contributed by atoms with van der Waals surface area (Å²) in [6.07, 6.45) is 2.66. The zero-order valence-corrected chi connectivity index (χ0v) is 9.67. The van der Waals surface area contributed by atoms with Crippen LogP contribution in [0.4, 0.5) is 0 Å². The van der Waals surface area contributed by atoms with Gasteiger partial charge in [0.1, 0.15) is 6.10 Å². The van der Waals surface area contributed by atoms with Crippen molar-refractivity contribution in [3.05, 3.63) is 0 Å². The van der Waals surface area contributed by atoms with Crippen molar-refractivity contribution in [3.63, 3.8) is 0 Å². The van der Waals surface area contributed by atoms with Gasteiger partial charge in [-0.15, -0.1) is 0 Å². The summed E-state index contributed by atoms with van der Waals surface area (Å²) in [4.78, 5) is 0. The van der Waals surface area contributed by atoms with Gasteiger partial charge in [-0.3, -0.25) is 0 Å². The average Bonchev–Trinajstić information content (AvgIpc) is 2.18. The molecule has 1 aliphatic heterocycles. The molecular weight excluding hydrogens is 194 g/mol. The lowest BCUT2D eigenvalue weighted by molar-refractivity contribution is -0.128. The molecule has 1 rings (SSSR count). The van der Waals surface area contributed by atoms with E-state index in [9.17, 15) is 0 Å². The Morgan fingerprint density at radius 2 is 2.07 bits per heavy atom. The minimum Gasteiger partial charge on any atom is -0.382 e. The van der Waals surface area contributed by atoms with Crippen LogP contribution in [0.2, 0.25) is 0 Å². The second kappa shape index (κ2) is 9.09. The van der Waals surface area contributed by atoms with Crippen molar-refractivity contribution >= 4 is 0 Å². The lowest BCUT2D eigenvalue weighted by Crippen LogP contribution is -2.37. The van der Waals surface area contributed by atoms with Gasteiger partial charge in [0, 0.05) is 19.8 Å². The highest BCUT2D eigenvalue weighted by atomic mass is 16.6. The monoisotopic (exact) mass is 217 g/mol. The fourth-order valence-electron chi connectivity index (χ4n) is 1.33. The van der Waals surface area contributed by atoms with Gasteiger partial charge in [0.15, 0.2) is 0 Å². The zero-order valence-electron chi connectivity index (χ0n) is 9.67. The van der Waals surface area contributed by atoms with E-state index in [1.54, 1.807) is 0 Å². The third-order valence-electron chi connectivity index (χ3n) is 2.34. The molecule has 0 saturated carbocycles. The molecule has 1 N–H and O–H groups in total. The van der Waals surface area contributed by atoms with Crippen LogP contribution in [-0.4, -0.2) is 52.2 Å². The number of rotatable bonds is 10. The van der Waals surface area contributed by atoms with Gasteiger partial charge in [0.05, 0.1) is 19.8 Å². The summed E-state index contributed by atoms with van der Waals surface area (Å²) in [5, 5.41) is 3.34. The Morgan fingerprint density at radius 3 is 2.73 bits per heavy atom. The Kier molecular flexibility index (Phi) is 7.83. The average molecular weight is 217 g/mol. The predicted molar refractivity (Wildman–Crippen MR) is 59.2 cm³/mol. The normalized spacial score (nSPS) is 16.6. The first-order chi connectivity index (χ1) is 7.43. The summed E-state index contributed by atoms with van der Waals surface area (Å²) >= 11 is 0. The molecule has 0 aromatic rings. The first kappa shape index (κ1) is 12.9. The standard InChI is InChI=1S/C11H23NO3/c1-2-13-7-4-3-5-12-6-8-15-11-9-14-10-11/h11-12H,2-10H2,1H3. The summed E-state index contributed by atoms with van der Waals surface area (Å²) in [6.45, 7) is 8.06. The highest BCUT2D eigenvalue weighted by Gasteiger charge is 2.17. The first-order valence-corrected chi connectivity index (χ1v) is 5.91. The van der Waals surface area contributed by atoms with Crippen molar-refractivity contribution in [3.8, 4) is 0 Å². The summed E-state index contributed by atoms with van der Waals surface area (Å²) < 4.78 is 15.8. The van der Waals surface area contributed by atoms with Crippen molar-refractivity contribution in [2.75, 3.05) is 46.1 Å². The Morgan fingerprint density at radius 1 is 1.20 bits per heavy atom. The number of ether oxygens (including phenoxy) is 3. The Hall–Kier alpha value is -0.160. The zero-order chi connectivity index (χ0) is 10.8. The molecule has 0 aromatic heterocycles. The molecule has 1 saturated heterocycles. The van der Waals surface area contributed by atoms with E-state index in [4.69, 9.17) is 14.2 Å². The Balaban J connectivity index is 1.66. The topological polar surface area (TPSA) is 39.7 Å². The minimum atomic E-state index is 0.352. The van der Waals surface area contributed by atoms with E-state index < -0.39 is 0 Å². The molecule has 0 unspecified atom stereocenters. The summed E-state index contributed by atoms with van der Waals surface area (Å²) in [5.74, 6) is 0. The van der Waals surface area contributed by atoms with Crippen LogP contribution in [0.1, 0.15) is 19.8 Å². The van der Waals surface area contributed by atoms with Gasteiger partial charge in [-0.1, -0.05) is 0 Å². The van der Waals surface area contributed by atoms with Crippen LogP contribution in [0.3, 0.4) is 0 Å². The van der Waals surface area contributed by atoms with Crippen molar-refractivity contribution < 1.29 is 14.2 Å². The molecule has 15 heavy (non-hydrogen) atoms. The molecule has 0 aliphatic carbocycles. The molecule has 0 atom stereocenters. The van der Waals surface area contributed by atoms with E-state index in [0.717, 1.165) is 52.5 Å². The molecule has 1 fully saturated rings. The molecule has 0 radical (unpaired) electrons. The lowest BCUT2D eigenvalue weighted by atomic mass is 10.3. The molecule has 0 aromatic carbocycles. The maximum atomic E-state index is 5.51. The second-order valence-electron chi connectivity index (χ2n) is 3.68. The van der Waals surface area contributed by atoms with Crippen molar-refractivity contribution in [2.24, 2.45) is 0 Å². The quantitative estimate of drug-likeness (QED) is 0.550. The molecule has 1 aliphatic rings. The van der Waals surface area contributed by atoms with Crippen molar-refractivity contribution in [1.82, 2.24) is 5.32 Å². The number of unbranched alkanes of at least 4 members (excludes halogenated alkanes) is 1. The SMILES string of the molecule is CCOCCCCNCCOC1COC1. The molecule has 0 bridgehead atoms. The van der Waals surface area contributed by atoms with Crippen LogP contribution in [0, 0.1) is 0 Å². The summed E-state index contributed by atoms with van der Waals surface area (Å²) in [7, 11) is 0. The first-order valence-electron chi connectivity index (χ1n) is 5.91. The van der Waals surface area contributed by atoms with Gasteiger partial charge < -0.3 is 19.5 Å². The minimum absolute atomic E-state index is 0.352. The molecule has 0 amide bonds. The van der Waals surface area contributed by atoms with Gasteiger partial charge in [0.25, 0.3) is 0 Å². The van der Waals surface area contributed by atoms with Crippen LogP contribution in [0.5, 0.6) is 0 Å². The second-order valence-corrected chi connectivity index (χ2v) is 3.68. The van der Waals surface area contributed by atoms with Gasteiger partial charge in [0.2, 0.25) is 0 Å². The fourth-order valence-corrected chi connectivity index (χ4v) is 1.33. The summed E-state index contributed by atoms with van der Waals surface area (Å²) in [5.41, 5.74) is 0. The third kappa shape index (κ3) is 6.84. The van der Waals surface area contributed by atoms with Crippen LogP contribution < -0.4 is 5.32 Å². The fraction of sp³-hybridized carbons (Fsp3) is 1.00. The maximum Gasteiger partial charge on any atom is 0.104 e. The smallest absolute Gasteiger partial charge is 0.104 e. The van der Waals surface area contributed by atoms with Gasteiger partial charge in [-0.2, -0.15) is 0 Å².